The van der Waals surface area contributed by atoms with Crippen LogP contribution < -0.4 is 15.4 Å². The Morgan fingerprint density at radius 2 is 2.14 bits per heavy atom. The van der Waals surface area contributed by atoms with Gasteiger partial charge in [0, 0.05) is 23.3 Å². The second-order valence-electron chi connectivity index (χ2n) is 5.62. The summed E-state index contributed by atoms with van der Waals surface area (Å²) in [6.07, 6.45) is 4.16. The minimum absolute atomic E-state index is 0.0750. The third kappa shape index (κ3) is 2.90. The molecule has 2 N–H and O–H groups in total. The van der Waals surface area contributed by atoms with Crippen LogP contribution in [0.4, 0.5) is 5.69 Å². The molecule has 1 fully saturated rings. The number of anilines is 1. The molecule has 2 aromatic rings. The molecule has 0 radical (unpaired) electrons. The SMILES string of the molecule is COc1cccc(N(Cc2ccco2)C2CC2)c1[C@H](C)N. The van der Waals surface area contributed by atoms with Crippen molar-refractivity contribution in [1.29, 1.82) is 0 Å². The Morgan fingerprint density at radius 1 is 1.33 bits per heavy atom. The van der Waals surface area contributed by atoms with E-state index in [0.29, 0.717) is 6.04 Å². The van der Waals surface area contributed by atoms with E-state index in [-0.39, 0.29) is 6.04 Å². The van der Waals surface area contributed by atoms with Crippen LogP contribution in [-0.4, -0.2) is 13.2 Å². The maximum atomic E-state index is 6.19. The number of methoxy groups -OCH3 is 1. The molecule has 4 heteroatoms. The van der Waals surface area contributed by atoms with E-state index in [1.807, 2.05) is 31.2 Å². The lowest BCUT2D eigenvalue weighted by Crippen LogP contribution is -2.27. The van der Waals surface area contributed by atoms with Crippen molar-refractivity contribution in [1.82, 2.24) is 0 Å². The Labute approximate surface area is 125 Å². The zero-order chi connectivity index (χ0) is 14.8. The molecule has 0 unspecified atom stereocenters. The van der Waals surface area contributed by atoms with Crippen LogP contribution in [0, 0.1) is 0 Å². The maximum Gasteiger partial charge on any atom is 0.125 e. The van der Waals surface area contributed by atoms with Crippen molar-refractivity contribution in [2.24, 2.45) is 5.73 Å². The van der Waals surface area contributed by atoms with Crippen molar-refractivity contribution in [2.75, 3.05) is 12.0 Å². The van der Waals surface area contributed by atoms with Gasteiger partial charge in [-0.25, -0.2) is 0 Å². The topological polar surface area (TPSA) is 51.6 Å². The number of hydrogen-bond acceptors (Lipinski definition) is 4. The van der Waals surface area contributed by atoms with Crippen LogP contribution in [0.5, 0.6) is 5.75 Å². The van der Waals surface area contributed by atoms with E-state index in [9.17, 15) is 0 Å². The van der Waals surface area contributed by atoms with Gasteiger partial charge in [0.25, 0.3) is 0 Å². The first kappa shape index (κ1) is 14.0. The highest BCUT2D eigenvalue weighted by molar-refractivity contribution is 5.62. The van der Waals surface area contributed by atoms with E-state index in [4.69, 9.17) is 14.9 Å². The third-order valence-electron chi connectivity index (χ3n) is 3.92. The molecular weight excluding hydrogens is 264 g/mol. The number of furan rings is 1. The third-order valence-corrected chi connectivity index (χ3v) is 3.92. The summed E-state index contributed by atoms with van der Waals surface area (Å²) in [5.74, 6) is 1.83. The fourth-order valence-electron chi connectivity index (χ4n) is 2.79. The molecule has 0 spiro atoms. The lowest BCUT2D eigenvalue weighted by atomic mass is 10.0. The Hall–Kier alpha value is -1.94. The Balaban J connectivity index is 1.99. The molecule has 0 amide bonds. The van der Waals surface area contributed by atoms with Crippen LogP contribution >= 0.6 is 0 Å². The van der Waals surface area contributed by atoms with Gasteiger partial charge in [-0.3, -0.25) is 0 Å². The zero-order valence-corrected chi connectivity index (χ0v) is 12.6. The van der Waals surface area contributed by atoms with Gasteiger partial charge >= 0.3 is 0 Å². The number of ether oxygens (including phenoxy) is 1. The van der Waals surface area contributed by atoms with Gasteiger partial charge in [-0.05, 0) is 44.0 Å². The van der Waals surface area contributed by atoms with E-state index in [0.717, 1.165) is 29.3 Å². The van der Waals surface area contributed by atoms with Crippen LogP contribution in [0.2, 0.25) is 0 Å². The zero-order valence-electron chi connectivity index (χ0n) is 12.6. The Bertz CT molecular complexity index is 589. The number of nitrogens with two attached hydrogens (primary N) is 1. The predicted molar refractivity (Wildman–Crippen MR) is 83.5 cm³/mol. The van der Waals surface area contributed by atoms with Gasteiger partial charge in [-0.2, -0.15) is 0 Å². The molecule has 112 valence electrons. The highest BCUT2D eigenvalue weighted by atomic mass is 16.5. The van der Waals surface area contributed by atoms with Crippen molar-refractivity contribution < 1.29 is 9.15 Å². The van der Waals surface area contributed by atoms with Gasteiger partial charge < -0.3 is 19.8 Å². The van der Waals surface area contributed by atoms with Crippen molar-refractivity contribution >= 4 is 5.69 Å². The van der Waals surface area contributed by atoms with E-state index in [2.05, 4.69) is 11.0 Å². The first-order valence-corrected chi connectivity index (χ1v) is 7.42. The van der Waals surface area contributed by atoms with Crippen molar-refractivity contribution in [3.63, 3.8) is 0 Å². The van der Waals surface area contributed by atoms with E-state index < -0.39 is 0 Å². The summed E-state index contributed by atoms with van der Waals surface area (Å²) in [5.41, 5.74) is 8.42. The van der Waals surface area contributed by atoms with Crippen LogP contribution in [0.15, 0.2) is 41.0 Å². The van der Waals surface area contributed by atoms with Gasteiger partial charge in [-0.1, -0.05) is 6.07 Å². The van der Waals surface area contributed by atoms with Gasteiger partial charge in [0.05, 0.1) is 19.9 Å². The summed E-state index contributed by atoms with van der Waals surface area (Å²) < 4.78 is 11.0. The van der Waals surface area contributed by atoms with Gasteiger partial charge in [0.2, 0.25) is 0 Å². The summed E-state index contributed by atoms with van der Waals surface area (Å²) in [5, 5.41) is 0. The maximum absolute atomic E-state index is 6.19. The van der Waals surface area contributed by atoms with Gasteiger partial charge in [0.1, 0.15) is 11.5 Å². The number of nitrogens with zero attached hydrogens (tertiary/aromatic N) is 1. The Kier molecular flexibility index (Phi) is 3.88. The fraction of sp³-hybridized carbons (Fsp3) is 0.412. The highest BCUT2D eigenvalue weighted by Crippen LogP contribution is 2.40. The number of hydrogen-bond donors (Lipinski definition) is 1. The average molecular weight is 286 g/mol. The van der Waals surface area contributed by atoms with Crippen molar-refractivity contribution in [3.05, 3.63) is 47.9 Å². The minimum atomic E-state index is -0.0750. The molecule has 0 saturated heterocycles. The molecule has 3 rings (SSSR count). The van der Waals surface area contributed by atoms with Crippen molar-refractivity contribution in [2.45, 2.75) is 38.4 Å². The fourth-order valence-corrected chi connectivity index (χ4v) is 2.79. The molecule has 1 heterocycles. The molecule has 1 atom stereocenters. The second kappa shape index (κ2) is 5.82. The minimum Gasteiger partial charge on any atom is -0.496 e. The van der Waals surface area contributed by atoms with Crippen LogP contribution in [0.3, 0.4) is 0 Å². The lowest BCUT2D eigenvalue weighted by molar-refractivity contribution is 0.406. The summed E-state index contributed by atoms with van der Waals surface area (Å²) in [4.78, 5) is 2.39. The molecule has 0 bridgehead atoms. The Morgan fingerprint density at radius 3 is 2.71 bits per heavy atom. The average Bonchev–Trinajstić information content (AvgIpc) is 3.20. The van der Waals surface area contributed by atoms with Gasteiger partial charge in [0.15, 0.2) is 0 Å². The molecule has 0 aliphatic heterocycles. The van der Waals surface area contributed by atoms with Crippen LogP contribution in [0.25, 0.3) is 0 Å². The van der Waals surface area contributed by atoms with Crippen LogP contribution in [0.1, 0.15) is 37.1 Å². The summed E-state index contributed by atoms with van der Waals surface area (Å²) >= 11 is 0. The summed E-state index contributed by atoms with van der Waals surface area (Å²) in [6, 6.07) is 10.6. The number of rotatable bonds is 6. The normalized spacial score (nSPS) is 15.8. The standard InChI is InChI=1S/C17H22N2O2/c1-12(18)17-15(6-3-7-16(17)20-2)19(13-8-9-13)11-14-5-4-10-21-14/h3-7,10,12-13H,8-9,11,18H2,1-2H3/t12-/m0/s1. The first-order chi connectivity index (χ1) is 10.2. The lowest BCUT2D eigenvalue weighted by Gasteiger charge is -2.28. The quantitative estimate of drug-likeness (QED) is 0.883. The van der Waals surface area contributed by atoms with Crippen LogP contribution in [-0.2, 0) is 6.54 Å². The highest BCUT2D eigenvalue weighted by Gasteiger charge is 2.32. The number of benzene rings is 1. The van der Waals surface area contributed by atoms with E-state index in [1.165, 1.54) is 12.8 Å². The molecule has 21 heavy (non-hydrogen) atoms. The molecule has 1 saturated carbocycles. The van der Waals surface area contributed by atoms with E-state index >= 15 is 0 Å². The van der Waals surface area contributed by atoms with Crippen molar-refractivity contribution in [3.8, 4) is 5.75 Å². The van der Waals surface area contributed by atoms with Gasteiger partial charge in [-0.15, -0.1) is 0 Å². The molecule has 1 aliphatic rings. The molecular formula is C17H22N2O2. The largest absolute Gasteiger partial charge is 0.496 e. The molecule has 4 nitrogen and oxygen atoms in total. The summed E-state index contributed by atoms with van der Waals surface area (Å²) in [6.45, 7) is 2.77. The monoisotopic (exact) mass is 286 g/mol. The van der Waals surface area contributed by atoms with E-state index in [1.54, 1.807) is 13.4 Å². The summed E-state index contributed by atoms with van der Waals surface area (Å²) in [7, 11) is 1.69. The second-order valence-corrected chi connectivity index (χ2v) is 5.62. The molecule has 1 aromatic heterocycles. The molecule has 1 aliphatic carbocycles. The molecule has 1 aromatic carbocycles. The smallest absolute Gasteiger partial charge is 0.125 e. The predicted octanol–water partition coefficient (Wildman–Crippen LogP) is 3.48. The first-order valence-electron chi connectivity index (χ1n) is 7.42.